The van der Waals surface area contributed by atoms with Crippen LogP contribution < -0.4 is 0 Å². The third-order valence-corrected chi connectivity index (χ3v) is 2.47. The lowest BCUT2D eigenvalue weighted by atomic mass is 9.94. The molecule has 1 unspecified atom stereocenters. The molecule has 0 radical (unpaired) electrons. The molecule has 1 saturated carbocycles. The Balaban J connectivity index is 2.50. The number of Topliss-reactive ketones (excluding diaryl/α,β-unsaturated/α-hetero) is 1. The second-order valence-electron chi connectivity index (χ2n) is 3.37. The predicted octanol–water partition coefficient (Wildman–Crippen LogP) is 1.20. The maximum absolute atomic E-state index is 11.1. The van der Waals surface area contributed by atoms with Crippen LogP contribution in [0.4, 0.5) is 4.79 Å². The summed E-state index contributed by atoms with van der Waals surface area (Å²) in [7, 11) is 3.03. The van der Waals surface area contributed by atoms with E-state index in [4.69, 9.17) is 0 Å². The van der Waals surface area contributed by atoms with E-state index in [-0.39, 0.29) is 17.9 Å². The molecule has 13 heavy (non-hydrogen) atoms. The third-order valence-electron chi connectivity index (χ3n) is 2.47. The van der Waals surface area contributed by atoms with Gasteiger partial charge in [0.25, 0.3) is 0 Å². The first-order valence-corrected chi connectivity index (χ1v) is 4.47. The second kappa shape index (κ2) is 4.25. The van der Waals surface area contributed by atoms with Crippen LogP contribution in [0.3, 0.4) is 0 Å². The van der Waals surface area contributed by atoms with Crippen LogP contribution in [0.25, 0.3) is 0 Å². The van der Waals surface area contributed by atoms with E-state index in [2.05, 4.69) is 4.74 Å². The van der Waals surface area contributed by atoms with Gasteiger partial charge in [0, 0.05) is 25.9 Å². The van der Waals surface area contributed by atoms with Crippen molar-refractivity contribution in [3.05, 3.63) is 0 Å². The molecule has 1 atom stereocenters. The lowest BCUT2D eigenvalue weighted by Crippen LogP contribution is -2.40. The van der Waals surface area contributed by atoms with Crippen molar-refractivity contribution in [2.45, 2.75) is 31.7 Å². The van der Waals surface area contributed by atoms with Crippen LogP contribution in [0.15, 0.2) is 0 Å². The molecule has 4 heteroatoms. The molecule has 4 nitrogen and oxygen atoms in total. The van der Waals surface area contributed by atoms with Gasteiger partial charge in [0.15, 0.2) is 0 Å². The summed E-state index contributed by atoms with van der Waals surface area (Å²) in [5.41, 5.74) is 0. The molecule has 0 aliphatic heterocycles. The van der Waals surface area contributed by atoms with E-state index in [0.29, 0.717) is 12.8 Å². The largest absolute Gasteiger partial charge is 0.453 e. The van der Waals surface area contributed by atoms with Crippen LogP contribution in [0.1, 0.15) is 25.7 Å². The van der Waals surface area contributed by atoms with Gasteiger partial charge >= 0.3 is 6.09 Å². The molecule has 0 saturated heterocycles. The summed E-state index contributed by atoms with van der Waals surface area (Å²) in [5.74, 6) is 0.243. The summed E-state index contributed by atoms with van der Waals surface area (Å²) in [6, 6.07) is 0.0358. The van der Waals surface area contributed by atoms with Crippen molar-refractivity contribution in [1.82, 2.24) is 4.90 Å². The van der Waals surface area contributed by atoms with Gasteiger partial charge in [-0.2, -0.15) is 0 Å². The SMILES string of the molecule is COC(=O)N(C)C1CCCC(=O)C1. The topological polar surface area (TPSA) is 46.6 Å². The van der Waals surface area contributed by atoms with Gasteiger partial charge in [-0.25, -0.2) is 4.79 Å². The molecule has 0 aromatic carbocycles. The van der Waals surface area contributed by atoms with E-state index in [9.17, 15) is 9.59 Å². The Morgan fingerprint density at radius 2 is 2.31 bits per heavy atom. The van der Waals surface area contributed by atoms with E-state index in [0.717, 1.165) is 12.8 Å². The summed E-state index contributed by atoms with van der Waals surface area (Å²) in [5, 5.41) is 0. The maximum atomic E-state index is 11.1. The van der Waals surface area contributed by atoms with Crippen LogP contribution in [-0.4, -0.2) is 37.0 Å². The number of rotatable bonds is 1. The number of methoxy groups -OCH3 is 1. The van der Waals surface area contributed by atoms with Gasteiger partial charge in [0.1, 0.15) is 5.78 Å². The van der Waals surface area contributed by atoms with Crippen LogP contribution in [0.5, 0.6) is 0 Å². The quantitative estimate of drug-likeness (QED) is 0.616. The Hall–Kier alpha value is -1.06. The average Bonchev–Trinajstić information content (AvgIpc) is 2.15. The molecule has 74 valence electrons. The van der Waals surface area contributed by atoms with Gasteiger partial charge in [-0.15, -0.1) is 0 Å². The van der Waals surface area contributed by atoms with Crippen molar-refractivity contribution < 1.29 is 14.3 Å². The minimum Gasteiger partial charge on any atom is -0.453 e. The highest BCUT2D eigenvalue weighted by atomic mass is 16.5. The molecule has 1 aliphatic carbocycles. The van der Waals surface area contributed by atoms with Crippen molar-refractivity contribution in [2.75, 3.05) is 14.2 Å². The van der Waals surface area contributed by atoms with Gasteiger partial charge in [-0.3, -0.25) is 4.79 Å². The molecule has 0 bridgehead atoms. The van der Waals surface area contributed by atoms with E-state index >= 15 is 0 Å². The van der Waals surface area contributed by atoms with Crippen molar-refractivity contribution in [3.8, 4) is 0 Å². The highest BCUT2D eigenvalue weighted by Gasteiger charge is 2.26. The Morgan fingerprint density at radius 1 is 1.62 bits per heavy atom. The average molecular weight is 185 g/mol. The first-order chi connectivity index (χ1) is 6.15. The summed E-state index contributed by atoms with van der Waals surface area (Å²) in [4.78, 5) is 23.7. The Kier molecular flexibility index (Phi) is 3.28. The first-order valence-electron chi connectivity index (χ1n) is 4.47. The lowest BCUT2D eigenvalue weighted by molar-refractivity contribution is -0.121. The summed E-state index contributed by atoms with van der Waals surface area (Å²) < 4.78 is 4.58. The molecule has 0 N–H and O–H groups in total. The van der Waals surface area contributed by atoms with Crippen LogP contribution in [0.2, 0.25) is 0 Å². The summed E-state index contributed by atoms with van der Waals surface area (Å²) in [6.07, 6.45) is 2.55. The number of carbonyl (C=O) groups is 2. The Morgan fingerprint density at radius 3 is 2.85 bits per heavy atom. The molecule has 1 aliphatic rings. The summed E-state index contributed by atoms with van der Waals surface area (Å²) in [6.45, 7) is 0. The van der Waals surface area contributed by atoms with Crippen molar-refractivity contribution in [1.29, 1.82) is 0 Å². The van der Waals surface area contributed by atoms with Crippen molar-refractivity contribution in [3.63, 3.8) is 0 Å². The van der Waals surface area contributed by atoms with Gasteiger partial charge in [-0.1, -0.05) is 0 Å². The normalized spacial score (nSPS) is 22.6. The fourth-order valence-electron chi connectivity index (χ4n) is 1.63. The summed E-state index contributed by atoms with van der Waals surface area (Å²) >= 11 is 0. The molecular formula is C9H15NO3. The molecule has 1 fully saturated rings. The van der Waals surface area contributed by atoms with Crippen LogP contribution in [0, 0.1) is 0 Å². The number of nitrogens with zero attached hydrogens (tertiary/aromatic N) is 1. The Labute approximate surface area is 77.8 Å². The van der Waals surface area contributed by atoms with Crippen molar-refractivity contribution >= 4 is 11.9 Å². The molecule has 1 rings (SSSR count). The number of hydrogen-bond donors (Lipinski definition) is 0. The second-order valence-corrected chi connectivity index (χ2v) is 3.37. The van der Waals surface area contributed by atoms with Crippen LogP contribution >= 0.6 is 0 Å². The van der Waals surface area contributed by atoms with Gasteiger partial charge in [0.05, 0.1) is 7.11 Å². The zero-order valence-corrected chi connectivity index (χ0v) is 8.08. The van der Waals surface area contributed by atoms with Gasteiger partial charge in [0.2, 0.25) is 0 Å². The number of carbonyl (C=O) groups excluding carboxylic acids is 2. The standard InChI is InChI=1S/C9H15NO3/c1-10(9(12)13-2)7-4-3-5-8(11)6-7/h7H,3-6H2,1-2H3. The maximum Gasteiger partial charge on any atom is 0.409 e. The monoisotopic (exact) mass is 185 g/mol. The molecule has 0 aromatic rings. The first kappa shape index (κ1) is 10.0. The molecular weight excluding hydrogens is 170 g/mol. The number of hydrogen-bond acceptors (Lipinski definition) is 3. The lowest BCUT2D eigenvalue weighted by Gasteiger charge is -2.29. The molecule has 0 spiro atoms. The van der Waals surface area contributed by atoms with Crippen molar-refractivity contribution in [2.24, 2.45) is 0 Å². The number of amides is 1. The molecule has 0 heterocycles. The van der Waals surface area contributed by atoms with E-state index < -0.39 is 0 Å². The molecule has 0 aromatic heterocycles. The number of ether oxygens (including phenoxy) is 1. The predicted molar refractivity (Wildman–Crippen MR) is 47.4 cm³/mol. The minimum atomic E-state index is -0.361. The van der Waals surface area contributed by atoms with E-state index in [1.54, 1.807) is 7.05 Å². The Bertz CT molecular complexity index is 215. The van der Waals surface area contributed by atoms with Gasteiger partial charge < -0.3 is 9.64 Å². The fourth-order valence-corrected chi connectivity index (χ4v) is 1.63. The minimum absolute atomic E-state index is 0.0358. The van der Waals surface area contributed by atoms with E-state index in [1.807, 2.05) is 0 Å². The third kappa shape index (κ3) is 2.44. The highest BCUT2D eigenvalue weighted by Crippen LogP contribution is 2.19. The highest BCUT2D eigenvalue weighted by molar-refractivity contribution is 5.80. The zero-order valence-electron chi connectivity index (χ0n) is 8.08. The van der Waals surface area contributed by atoms with Crippen LogP contribution in [-0.2, 0) is 9.53 Å². The number of ketones is 1. The molecule has 1 amide bonds. The van der Waals surface area contributed by atoms with Gasteiger partial charge in [-0.05, 0) is 12.8 Å². The van der Waals surface area contributed by atoms with E-state index in [1.165, 1.54) is 12.0 Å². The zero-order chi connectivity index (χ0) is 9.84. The fraction of sp³-hybridized carbons (Fsp3) is 0.778. The smallest absolute Gasteiger partial charge is 0.409 e.